The first-order valence-corrected chi connectivity index (χ1v) is 7.00. The zero-order valence-corrected chi connectivity index (χ0v) is 11.6. The van der Waals surface area contributed by atoms with Crippen LogP contribution in [0.5, 0.6) is 5.88 Å². The second kappa shape index (κ2) is 5.63. The zero-order chi connectivity index (χ0) is 13.9. The predicted octanol–water partition coefficient (Wildman–Crippen LogP) is 2.80. The summed E-state index contributed by atoms with van der Waals surface area (Å²) in [6.45, 7) is 0. The first kappa shape index (κ1) is 13.1. The lowest BCUT2D eigenvalue weighted by molar-refractivity contribution is 0.149. The Bertz CT molecular complexity index is 553. The van der Waals surface area contributed by atoms with Gasteiger partial charge in [-0.1, -0.05) is 36.4 Å². The lowest BCUT2D eigenvalue weighted by Gasteiger charge is -2.10. The molecular formula is C17H19NO2. The molecule has 0 radical (unpaired) electrons. The van der Waals surface area contributed by atoms with E-state index in [4.69, 9.17) is 4.74 Å². The van der Waals surface area contributed by atoms with Crippen molar-refractivity contribution in [2.24, 2.45) is 5.92 Å². The molecule has 0 aliphatic heterocycles. The van der Waals surface area contributed by atoms with Crippen molar-refractivity contribution in [3.8, 4) is 5.88 Å². The van der Waals surface area contributed by atoms with Crippen molar-refractivity contribution in [3.05, 3.63) is 59.8 Å². The van der Waals surface area contributed by atoms with Crippen LogP contribution in [0.1, 0.15) is 23.5 Å². The van der Waals surface area contributed by atoms with Crippen LogP contribution in [0.15, 0.2) is 48.7 Å². The summed E-state index contributed by atoms with van der Waals surface area (Å²) in [4.78, 5) is 4.17. The van der Waals surface area contributed by atoms with Crippen LogP contribution in [-0.2, 0) is 6.42 Å². The molecule has 1 heterocycles. The molecule has 1 aliphatic rings. The van der Waals surface area contributed by atoms with Crippen LogP contribution < -0.4 is 4.74 Å². The van der Waals surface area contributed by atoms with Crippen molar-refractivity contribution >= 4 is 0 Å². The molecule has 104 valence electrons. The van der Waals surface area contributed by atoms with Crippen molar-refractivity contribution in [1.29, 1.82) is 0 Å². The normalized spacial score (nSPS) is 22.3. The minimum Gasteiger partial charge on any atom is -0.481 e. The average Bonchev–Trinajstić information content (AvgIpc) is 3.29. The minimum atomic E-state index is -0.296. The second-order valence-corrected chi connectivity index (χ2v) is 5.40. The van der Waals surface area contributed by atoms with Crippen molar-refractivity contribution in [2.45, 2.75) is 24.9 Å². The van der Waals surface area contributed by atoms with Gasteiger partial charge in [0.2, 0.25) is 5.88 Å². The fraction of sp³-hybridized carbons (Fsp3) is 0.353. The van der Waals surface area contributed by atoms with E-state index in [1.54, 1.807) is 13.3 Å². The minimum absolute atomic E-state index is 0.296. The summed E-state index contributed by atoms with van der Waals surface area (Å²) in [7, 11) is 1.60. The molecule has 1 aromatic heterocycles. The van der Waals surface area contributed by atoms with Crippen molar-refractivity contribution in [1.82, 2.24) is 4.98 Å². The predicted molar refractivity (Wildman–Crippen MR) is 77.8 cm³/mol. The third-order valence-electron chi connectivity index (χ3n) is 4.01. The molecule has 0 spiro atoms. The number of rotatable bonds is 5. The molecule has 0 amide bonds. The number of benzene rings is 1. The highest BCUT2D eigenvalue weighted by atomic mass is 16.5. The summed E-state index contributed by atoms with van der Waals surface area (Å²) in [5.74, 6) is 1.49. The van der Waals surface area contributed by atoms with Crippen molar-refractivity contribution in [3.63, 3.8) is 0 Å². The lowest BCUT2D eigenvalue weighted by Crippen LogP contribution is -2.14. The molecule has 3 nitrogen and oxygen atoms in total. The maximum atomic E-state index is 10.3. The van der Waals surface area contributed by atoms with Crippen molar-refractivity contribution in [2.75, 3.05) is 7.11 Å². The number of aromatic nitrogens is 1. The SMILES string of the molecule is COc1ccc(CC(O)C2CC2c2ccccc2)cn1. The fourth-order valence-corrected chi connectivity index (χ4v) is 2.77. The van der Waals surface area contributed by atoms with E-state index in [1.807, 2.05) is 18.2 Å². The summed E-state index contributed by atoms with van der Waals surface area (Å²) < 4.78 is 5.04. The molecule has 1 aliphatic carbocycles. The molecule has 3 atom stereocenters. The molecule has 3 unspecified atom stereocenters. The smallest absolute Gasteiger partial charge is 0.212 e. The number of ether oxygens (including phenoxy) is 1. The monoisotopic (exact) mass is 269 g/mol. The van der Waals surface area contributed by atoms with Gasteiger partial charge in [-0.05, 0) is 29.4 Å². The highest BCUT2D eigenvalue weighted by Crippen LogP contribution is 2.49. The molecule has 0 bridgehead atoms. The Kier molecular flexibility index (Phi) is 3.70. The van der Waals surface area contributed by atoms with Crippen LogP contribution in [0.2, 0.25) is 0 Å². The van der Waals surface area contributed by atoms with Gasteiger partial charge in [-0.3, -0.25) is 0 Å². The Morgan fingerprint density at radius 1 is 1.25 bits per heavy atom. The van der Waals surface area contributed by atoms with E-state index in [1.165, 1.54) is 5.56 Å². The summed E-state index contributed by atoms with van der Waals surface area (Å²) in [5.41, 5.74) is 2.39. The molecule has 1 aromatic carbocycles. The molecular weight excluding hydrogens is 250 g/mol. The number of nitrogens with zero attached hydrogens (tertiary/aromatic N) is 1. The van der Waals surface area contributed by atoms with Gasteiger partial charge in [0.1, 0.15) is 0 Å². The molecule has 20 heavy (non-hydrogen) atoms. The summed E-state index contributed by atoms with van der Waals surface area (Å²) in [6, 6.07) is 14.2. The van der Waals surface area contributed by atoms with Gasteiger partial charge in [-0.15, -0.1) is 0 Å². The van der Waals surface area contributed by atoms with Gasteiger partial charge in [0.15, 0.2) is 0 Å². The van der Waals surface area contributed by atoms with Crippen LogP contribution in [0, 0.1) is 5.92 Å². The van der Waals surface area contributed by atoms with E-state index in [0.29, 0.717) is 24.1 Å². The van der Waals surface area contributed by atoms with E-state index < -0.39 is 0 Å². The summed E-state index contributed by atoms with van der Waals surface area (Å²) in [6.07, 6.45) is 3.22. The number of aliphatic hydroxyl groups is 1. The molecule has 2 aromatic rings. The third kappa shape index (κ3) is 2.83. The third-order valence-corrected chi connectivity index (χ3v) is 4.01. The van der Waals surface area contributed by atoms with Crippen LogP contribution in [0.25, 0.3) is 0 Å². The van der Waals surface area contributed by atoms with Gasteiger partial charge in [-0.25, -0.2) is 4.98 Å². The standard InChI is InChI=1S/C17H19NO2/c1-20-17-8-7-12(11-18-17)9-16(19)15-10-14(15)13-5-3-2-4-6-13/h2-8,11,14-16,19H,9-10H2,1H3. The van der Waals surface area contributed by atoms with Crippen LogP contribution in [-0.4, -0.2) is 23.3 Å². The molecule has 1 fully saturated rings. The van der Waals surface area contributed by atoms with E-state index in [2.05, 4.69) is 29.2 Å². The van der Waals surface area contributed by atoms with E-state index in [-0.39, 0.29) is 6.10 Å². The lowest BCUT2D eigenvalue weighted by atomic mass is 10.0. The second-order valence-electron chi connectivity index (χ2n) is 5.40. The Labute approximate surface area is 119 Å². The molecule has 1 N–H and O–H groups in total. The average molecular weight is 269 g/mol. The van der Waals surface area contributed by atoms with Crippen LogP contribution >= 0.6 is 0 Å². The molecule has 0 saturated heterocycles. The topological polar surface area (TPSA) is 42.4 Å². The molecule has 3 heteroatoms. The van der Waals surface area contributed by atoms with E-state index in [0.717, 1.165) is 12.0 Å². The molecule has 3 rings (SSSR count). The summed E-state index contributed by atoms with van der Waals surface area (Å²) in [5, 5.41) is 10.3. The highest BCUT2D eigenvalue weighted by molar-refractivity contribution is 5.27. The Hall–Kier alpha value is -1.87. The van der Waals surface area contributed by atoms with Gasteiger partial charge in [0.05, 0.1) is 13.2 Å². The maximum Gasteiger partial charge on any atom is 0.212 e. The number of hydrogen-bond donors (Lipinski definition) is 1. The van der Waals surface area contributed by atoms with Gasteiger partial charge in [0, 0.05) is 18.7 Å². The quantitative estimate of drug-likeness (QED) is 0.907. The largest absolute Gasteiger partial charge is 0.481 e. The highest BCUT2D eigenvalue weighted by Gasteiger charge is 2.42. The van der Waals surface area contributed by atoms with Gasteiger partial charge in [-0.2, -0.15) is 0 Å². The first-order chi connectivity index (χ1) is 9.78. The number of pyridine rings is 1. The van der Waals surface area contributed by atoms with Crippen LogP contribution in [0.4, 0.5) is 0 Å². The molecule has 1 saturated carbocycles. The fourth-order valence-electron chi connectivity index (χ4n) is 2.77. The van der Waals surface area contributed by atoms with Gasteiger partial charge in [0.25, 0.3) is 0 Å². The summed E-state index contributed by atoms with van der Waals surface area (Å²) >= 11 is 0. The van der Waals surface area contributed by atoms with Gasteiger partial charge < -0.3 is 9.84 Å². The number of methoxy groups -OCH3 is 1. The van der Waals surface area contributed by atoms with Gasteiger partial charge >= 0.3 is 0 Å². The maximum absolute atomic E-state index is 10.3. The van der Waals surface area contributed by atoms with Crippen molar-refractivity contribution < 1.29 is 9.84 Å². The zero-order valence-electron chi connectivity index (χ0n) is 11.6. The first-order valence-electron chi connectivity index (χ1n) is 7.00. The Morgan fingerprint density at radius 2 is 2.05 bits per heavy atom. The Morgan fingerprint density at radius 3 is 2.70 bits per heavy atom. The number of aliphatic hydroxyl groups excluding tert-OH is 1. The van der Waals surface area contributed by atoms with E-state index in [9.17, 15) is 5.11 Å². The van der Waals surface area contributed by atoms with E-state index >= 15 is 0 Å². The van der Waals surface area contributed by atoms with Crippen LogP contribution in [0.3, 0.4) is 0 Å². The Balaban J connectivity index is 1.59. The number of hydrogen-bond acceptors (Lipinski definition) is 3.